The van der Waals surface area contributed by atoms with Crippen molar-refractivity contribution in [3.05, 3.63) is 22.6 Å². The molecule has 1 aliphatic rings. The highest BCUT2D eigenvalue weighted by molar-refractivity contribution is 5.95. The fourth-order valence-electron chi connectivity index (χ4n) is 3.00. The Bertz CT molecular complexity index is 794. The second kappa shape index (κ2) is 5.63. The summed E-state index contributed by atoms with van der Waals surface area (Å²) in [6, 6.07) is 0. The van der Waals surface area contributed by atoms with E-state index in [1.165, 1.54) is 24.2 Å². The normalized spacial score (nSPS) is 30.1. The SMILES string of the molecule is CO[C@]1(C)C(O)C(CO)O[C@H]1n1cc([N+](=O)[O-])c2c(N)ncnc21. The molecule has 0 saturated carbocycles. The van der Waals surface area contributed by atoms with Gasteiger partial charge in [-0.3, -0.25) is 14.7 Å². The van der Waals surface area contributed by atoms with Crippen molar-refractivity contribution in [2.45, 2.75) is 31.0 Å². The van der Waals surface area contributed by atoms with E-state index in [2.05, 4.69) is 9.97 Å². The minimum absolute atomic E-state index is 0.0400. The van der Waals surface area contributed by atoms with Crippen LogP contribution in [0.1, 0.15) is 13.2 Å². The minimum Gasteiger partial charge on any atom is -0.394 e. The number of nitrogens with two attached hydrogens (primary N) is 1. The molecule has 0 aromatic carbocycles. The van der Waals surface area contributed by atoms with Gasteiger partial charge in [0.15, 0.2) is 11.9 Å². The Morgan fingerprint density at radius 2 is 2.29 bits per heavy atom. The van der Waals surface area contributed by atoms with Crippen LogP contribution in [0.15, 0.2) is 12.5 Å². The molecule has 0 amide bonds. The van der Waals surface area contributed by atoms with Crippen LogP contribution in [0.3, 0.4) is 0 Å². The lowest BCUT2D eigenvalue weighted by molar-refractivity contribution is -0.383. The van der Waals surface area contributed by atoms with E-state index in [4.69, 9.17) is 15.2 Å². The van der Waals surface area contributed by atoms with E-state index < -0.39 is 35.6 Å². The van der Waals surface area contributed by atoms with E-state index >= 15 is 0 Å². The molecule has 3 heterocycles. The number of anilines is 1. The van der Waals surface area contributed by atoms with Crippen LogP contribution in [0.4, 0.5) is 11.5 Å². The number of rotatable bonds is 4. The first kappa shape index (κ1) is 16.5. The molecular formula is C13H17N5O6. The third-order valence-electron chi connectivity index (χ3n) is 4.42. The lowest BCUT2D eigenvalue weighted by Gasteiger charge is -2.31. The number of aliphatic hydroxyl groups excluding tert-OH is 2. The van der Waals surface area contributed by atoms with Gasteiger partial charge >= 0.3 is 0 Å². The Balaban J connectivity index is 2.23. The van der Waals surface area contributed by atoms with E-state index in [0.29, 0.717) is 0 Å². The van der Waals surface area contributed by atoms with Gasteiger partial charge in [0.25, 0.3) is 5.69 Å². The van der Waals surface area contributed by atoms with Crippen LogP contribution >= 0.6 is 0 Å². The summed E-state index contributed by atoms with van der Waals surface area (Å²) in [7, 11) is 1.38. The van der Waals surface area contributed by atoms with Crippen molar-refractivity contribution >= 4 is 22.5 Å². The predicted molar refractivity (Wildman–Crippen MR) is 81.0 cm³/mol. The van der Waals surface area contributed by atoms with Gasteiger partial charge < -0.3 is 25.4 Å². The molecule has 0 bridgehead atoms. The molecule has 11 nitrogen and oxygen atoms in total. The minimum atomic E-state index is -1.26. The van der Waals surface area contributed by atoms with E-state index in [1.54, 1.807) is 6.92 Å². The number of methoxy groups -OCH3 is 1. The number of nitrogen functional groups attached to an aromatic ring is 1. The first-order valence-electron chi connectivity index (χ1n) is 7.10. The Morgan fingerprint density at radius 3 is 2.88 bits per heavy atom. The monoisotopic (exact) mass is 339 g/mol. The summed E-state index contributed by atoms with van der Waals surface area (Å²) < 4.78 is 12.4. The van der Waals surface area contributed by atoms with Gasteiger partial charge in [-0.2, -0.15) is 0 Å². The highest BCUT2D eigenvalue weighted by Crippen LogP contribution is 2.43. The molecule has 2 unspecified atom stereocenters. The van der Waals surface area contributed by atoms with Crippen molar-refractivity contribution < 1.29 is 24.6 Å². The number of hydrogen-bond acceptors (Lipinski definition) is 9. The Hall–Kier alpha value is -2.34. The zero-order valence-electron chi connectivity index (χ0n) is 13.0. The van der Waals surface area contributed by atoms with Crippen LogP contribution in [0.5, 0.6) is 0 Å². The average molecular weight is 339 g/mol. The Labute approximate surface area is 135 Å². The summed E-state index contributed by atoms with van der Waals surface area (Å²) in [5.41, 5.74) is 4.39. The van der Waals surface area contributed by atoms with Gasteiger partial charge in [0, 0.05) is 7.11 Å². The lowest BCUT2D eigenvalue weighted by Crippen LogP contribution is -2.46. The molecule has 24 heavy (non-hydrogen) atoms. The van der Waals surface area contributed by atoms with E-state index in [0.717, 1.165) is 0 Å². The topological polar surface area (TPSA) is 159 Å². The number of fused-ring (bicyclic) bond motifs is 1. The highest BCUT2D eigenvalue weighted by atomic mass is 16.6. The molecule has 2 aromatic heterocycles. The molecule has 1 fully saturated rings. The van der Waals surface area contributed by atoms with Crippen LogP contribution in [0.2, 0.25) is 0 Å². The van der Waals surface area contributed by atoms with Crippen LogP contribution in [-0.2, 0) is 9.47 Å². The molecular weight excluding hydrogens is 322 g/mol. The summed E-state index contributed by atoms with van der Waals surface area (Å²) in [5.74, 6) is -0.0400. The summed E-state index contributed by atoms with van der Waals surface area (Å²) in [5, 5.41) is 31.1. The maximum absolute atomic E-state index is 11.3. The first-order chi connectivity index (χ1) is 11.3. The van der Waals surface area contributed by atoms with Crippen LogP contribution < -0.4 is 5.73 Å². The lowest BCUT2D eigenvalue weighted by atomic mass is 9.96. The number of ether oxygens (including phenoxy) is 2. The number of aromatic nitrogens is 3. The third kappa shape index (κ3) is 2.13. The van der Waals surface area contributed by atoms with Crippen molar-refractivity contribution in [3.63, 3.8) is 0 Å². The van der Waals surface area contributed by atoms with E-state index in [1.807, 2.05) is 0 Å². The molecule has 2 aromatic rings. The summed E-state index contributed by atoms with van der Waals surface area (Å²) >= 11 is 0. The van der Waals surface area contributed by atoms with Crippen LogP contribution in [-0.4, -0.2) is 61.2 Å². The molecule has 4 N–H and O–H groups in total. The summed E-state index contributed by atoms with van der Waals surface area (Å²) in [4.78, 5) is 18.6. The molecule has 0 aliphatic carbocycles. The summed E-state index contributed by atoms with van der Waals surface area (Å²) in [6.07, 6.45) is -0.620. The van der Waals surface area contributed by atoms with Gasteiger partial charge in [-0.05, 0) is 6.92 Å². The number of nitro groups is 1. The van der Waals surface area contributed by atoms with Crippen molar-refractivity contribution in [2.24, 2.45) is 0 Å². The molecule has 0 radical (unpaired) electrons. The standard InChI is InChI=1S/C13H17N5O6/c1-13(23-2)9(20)7(4-19)24-12(13)17-3-6(18(21)22)8-10(14)15-5-16-11(8)17/h3,5,7,9,12,19-20H,4H2,1-2H3,(H2,14,15,16)/t7?,9?,12-,13-/m1/s1. The van der Waals surface area contributed by atoms with Gasteiger partial charge in [0.2, 0.25) is 0 Å². The molecule has 11 heteroatoms. The van der Waals surface area contributed by atoms with E-state index in [-0.39, 0.29) is 22.5 Å². The van der Waals surface area contributed by atoms with Gasteiger partial charge in [-0.15, -0.1) is 0 Å². The maximum atomic E-state index is 11.3. The molecule has 1 aliphatic heterocycles. The van der Waals surface area contributed by atoms with Crippen molar-refractivity contribution in [2.75, 3.05) is 19.5 Å². The smallest absolute Gasteiger partial charge is 0.300 e. The van der Waals surface area contributed by atoms with E-state index in [9.17, 15) is 20.3 Å². The number of hydrogen-bond donors (Lipinski definition) is 3. The van der Waals surface area contributed by atoms with Gasteiger partial charge in [-0.25, -0.2) is 9.97 Å². The molecule has 130 valence electrons. The zero-order valence-corrected chi connectivity index (χ0v) is 13.0. The second-order valence-electron chi connectivity index (χ2n) is 5.68. The molecule has 0 spiro atoms. The molecule has 1 saturated heterocycles. The zero-order chi connectivity index (χ0) is 17.6. The van der Waals surface area contributed by atoms with Crippen molar-refractivity contribution in [1.82, 2.24) is 14.5 Å². The Morgan fingerprint density at radius 1 is 1.58 bits per heavy atom. The van der Waals surface area contributed by atoms with Crippen LogP contribution in [0, 0.1) is 10.1 Å². The summed E-state index contributed by atoms with van der Waals surface area (Å²) in [6.45, 7) is 1.15. The molecule has 3 rings (SSSR count). The Kier molecular flexibility index (Phi) is 3.87. The predicted octanol–water partition coefficient (Wildman–Crippen LogP) is -0.423. The number of aliphatic hydroxyl groups is 2. The van der Waals surface area contributed by atoms with Gasteiger partial charge in [0.05, 0.1) is 17.7 Å². The maximum Gasteiger partial charge on any atom is 0.300 e. The molecule has 4 atom stereocenters. The highest BCUT2D eigenvalue weighted by Gasteiger charge is 2.55. The van der Waals surface area contributed by atoms with Crippen molar-refractivity contribution in [3.8, 4) is 0 Å². The fraction of sp³-hybridized carbons (Fsp3) is 0.538. The first-order valence-corrected chi connectivity index (χ1v) is 7.10. The van der Waals surface area contributed by atoms with Gasteiger partial charge in [-0.1, -0.05) is 0 Å². The average Bonchev–Trinajstić information content (AvgIpc) is 3.06. The quantitative estimate of drug-likeness (QED) is 0.496. The largest absolute Gasteiger partial charge is 0.394 e. The number of nitrogens with zero attached hydrogens (tertiary/aromatic N) is 4. The third-order valence-corrected chi connectivity index (χ3v) is 4.42. The van der Waals surface area contributed by atoms with Gasteiger partial charge in [0.1, 0.15) is 35.3 Å². The fourth-order valence-corrected chi connectivity index (χ4v) is 3.00. The van der Waals surface area contributed by atoms with Crippen molar-refractivity contribution in [1.29, 1.82) is 0 Å². The van der Waals surface area contributed by atoms with Crippen LogP contribution in [0.25, 0.3) is 11.0 Å². The second-order valence-corrected chi connectivity index (χ2v) is 5.68.